The van der Waals surface area contributed by atoms with Gasteiger partial charge in [-0.3, -0.25) is 9.20 Å². The molecule has 0 atom stereocenters. The number of unbranched alkanes of at least 4 members (excludes halogenated alkanes) is 2. The summed E-state index contributed by atoms with van der Waals surface area (Å²) in [4.78, 5) is 17.2. The van der Waals surface area contributed by atoms with Gasteiger partial charge in [0.2, 0.25) is 0 Å². The van der Waals surface area contributed by atoms with Gasteiger partial charge in [-0.2, -0.15) is 0 Å². The summed E-state index contributed by atoms with van der Waals surface area (Å²) in [6.45, 7) is 2.57. The molecule has 0 bridgehead atoms. The standard InChI is InChI=1S/C22H24ClF2N3O3/c1-14-20(22(29)26-9-4-3-5-10-30-2)28-12-15(23)11-19(21(28)27-14)31-13-16-17(24)7-6-8-18(16)25/h6-8,11-12H,3-5,9-10,13H2,1-2H3,(H,26,29). The number of benzene rings is 1. The molecule has 3 rings (SSSR count). The minimum absolute atomic E-state index is 0.199. The number of aromatic nitrogens is 2. The predicted octanol–water partition coefficient (Wildman–Crippen LogP) is 4.70. The molecule has 6 nitrogen and oxygen atoms in total. The van der Waals surface area contributed by atoms with Crippen LogP contribution in [0.1, 0.15) is 41.0 Å². The number of ether oxygens (including phenoxy) is 2. The average Bonchev–Trinajstić information content (AvgIpc) is 3.05. The van der Waals surface area contributed by atoms with Crippen LogP contribution in [0.5, 0.6) is 5.75 Å². The van der Waals surface area contributed by atoms with E-state index in [0.717, 1.165) is 31.4 Å². The third kappa shape index (κ3) is 5.51. The van der Waals surface area contributed by atoms with E-state index >= 15 is 0 Å². The number of carbonyl (C=O) groups is 1. The van der Waals surface area contributed by atoms with E-state index < -0.39 is 11.6 Å². The van der Waals surface area contributed by atoms with Crippen molar-refractivity contribution in [1.82, 2.24) is 14.7 Å². The van der Waals surface area contributed by atoms with E-state index in [-0.39, 0.29) is 23.8 Å². The third-order valence-corrected chi connectivity index (χ3v) is 4.99. The third-order valence-electron chi connectivity index (χ3n) is 4.79. The molecule has 0 fully saturated rings. The Morgan fingerprint density at radius 3 is 2.68 bits per heavy atom. The number of nitrogens with zero attached hydrogens (tertiary/aromatic N) is 2. The normalized spacial score (nSPS) is 11.1. The van der Waals surface area contributed by atoms with Crippen LogP contribution in [0.2, 0.25) is 5.02 Å². The average molecular weight is 452 g/mol. The molecule has 9 heteroatoms. The van der Waals surface area contributed by atoms with Gasteiger partial charge in [0.25, 0.3) is 5.91 Å². The lowest BCUT2D eigenvalue weighted by atomic mass is 10.2. The first-order valence-electron chi connectivity index (χ1n) is 9.93. The van der Waals surface area contributed by atoms with Crippen molar-refractivity contribution < 1.29 is 23.0 Å². The molecule has 0 unspecified atom stereocenters. The molecule has 166 valence electrons. The molecular weight excluding hydrogens is 428 g/mol. The SMILES string of the molecule is COCCCCCNC(=O)c1c(C)nc2c(OCc3c(F)cccc3F)cc(Cl)cn12. The van der Waals surface area contributed by atoms with Crippen molar-refractivity contribution in [3.05, 3.63) is 64.1 Å². The second kappa shape index (κ2) is 10.5. The second-order valence-corrected chi connectivity index (χ2v) is 7.50. The van der Waals surface area contributed by atoms with E-state index in [0.29, 0.717) is 35.2 Å². The maximum absolute atomic E-state index is 13.9. The van der Waals surface area contributed by atoms with E-state index in [1.807, 2.05) is 0 Å². The van der Waals surface area contributed by atoms with Crippen molar-refractivity contribution in [1.29, 1.82) is 0 Å². The van der Waals surface area contributed by atoms with Gasteiger partial charge in [0.1, 0.15) is 23.9 Å². The van der Waals surface area contributed by atoms with E-state index in [1.165, 1.54) is 16.5 Å². The Morgan fingerprint density at radius 1 is 1.23 bits per heavy atom. The predicted molar refractivity (Wildman–Crippen MR) is 114 cm³/mol. The minimum atomic E-state index is -0.705. The molecule has 1 N–H and O–H groups in total. The number of nitrogens with one attached hydrogen (secondary N) is 1. The summed E-state index contributed by atoms with van der Waals surface area (Å²) < 4.78 is 40.0. The number of amides is 1. The van der Waals surface area contributed by atoms with Gasteiger partial charge in [-0.1, -0.05) is 17.7 Å². The molecular formula is C22H24ClF2N3O3. The van der Waals surface area contributed by atoms with E-state index in [1.54, 1.807) is 20.2 Å². The van der Waals surface area contributed by atoms with Gasteiger partial charge in [0, 0.05) is 32.5 Å². The van der Waals surface area contributed by atoms with E-state index in [2.05, 4.69) is 10.3 Å². The molecule has 0 aliphatic carbocycles. The second-order valence-electron chi connectivity index (χ2n) is 7.06. The van der Waals surface area contributed by atoms with Crippen LogP contribution in [-0.4, -0.2) is 35.6 Å². The molecule has 0 saturated carbocycles. The maximum atomic E-state index is 13.9. The highest BCUT2D eigenvalue weighted by atomic mass is 35.5. The van der Waals surface area contributed by atoms with Crippen molar-refractivity contribution in [2.45, 2.75) is 32.8 Å². The number of halogens is 3. The summed E-state index contributed by atoms with van der Waals surface area (Å²) >= 11 is 6.21. The lowest BCUT2D eigenvalue weighted by Crippen LogP contribution is -2.26. The van der Waals surface area contributed by atoms with Gasteiger partial charge in [0.05, 0.1) is 16.3 Å². The molecule has 31 heavy (non-hydrogen) atoms. The van der Waals surface area contributed by atoms with Crippen LogP contribution < -0.4 is 10.1 Å². The molecule has 2 heterocycles. The molecule has 0 saturated heterocycles. The summed E-state index contributed by atoms with van der Waals surface area (Å²) in [5, 5.41) is 3.18. The van der Waals surface area contributed by atoms with Crippen LogP contribution in [0, 0.1) is 18.6 Å². The van der Waals surface area contributed by atoms with Crippen LogP contribution >= 0.6 is 11.6 Å². The van der Waals surface area contributed by atoms with Crippen molar-refractivity contribution in [3.63, 3.8) is 0 Å². The summed E-state index contributed by atoms with van der Waals surface area (Å²) in [5.74, 6) is -1.48. The van der Waals surface area contributed by atoms with E-state index in [4.69, 9.17) is 21.1 Å². The molecule has 3 aromatic rings. The Bertz CT molecular complexity index is 1050. The summed E-state index contributed by atoms with van der Waals surface area (Å²) in [6.07, 6.45) is 4.26. The Labute approximate surface area is 184 Å². The Kier molecular flexibility index (Phi) is 7.81. The molecule has 0 radical (unpaired) electrons. The van der Waals surface area contributed by atoms with Crippen molar-refractivity contribution >= 4 is 23.2 Å². The molecule has 1 amide bonds. The fraction of sp³-hybridized carbons (Fsp3) is 0.364. The maximum Gasteiger partial charge on any atom is 0.270 e. The number of hydrogen-bond donors (Lipinski definition) is 1. The first kappa shape index (κ1) is 23.0. The zero-order valence-corrected chi connectivity index (χ0v) is 18.1. The molecule has 0 aliphatic heterocycles. The smallest absolute Gasteiger partial charge is 0.270 e. The number of aryl methyl sites for hydroxylation is 1. The van der Waals surface area contributed by atoms with Gasteiger partial charge < -0.3 is 14.8 Å². The minimum Gasteiger partial charge on any atom is -0.485 e. The van der Waals surface area contributed by atoms with Crippen LogP contribution in [0.25, 0.3) is 5.65 Å². The lowest BCUT2D eigenvalue weighted by Gasteiger charge is -2.11. The van der Waals surface area contributed by atoms with Gasteiger partial charge >= 0.3 is 0 Å². The Morgan fingerprint density at radius 2 is 1.97 bits per heavy atom. The van der Waals surface area contributed by atoms with E-state index in [9.17, 15) is 13.6 Å². The summed E-state index contributed by atoms with van der Waals surface area (Å²) in [5.41, 5.74) is 0.955. The highest BCUT2D eigenvalue weighted by Crippen LogP contribution is 2.28. The quantitative estimate of drug-likeness (QED) is 0.454. The summed E-state index contributed by atoms with van der Waals surface area (Å²) in [7, 11) is 1.66. The number of imidazole rings is 1. The van der Waals surface area contributed by atoms with Crippen LogP contribution in [-0.2, 0) is 11.3 Å². The first-order valence-corrected chi connectivity index (χ1v) is 10.3. The van der Waals surface area contributed by atoms with Crippen LogP contribution in [0.4, 0.5) is 8.78 Å². The monoisotopic (exact) mass is 451 g/mol. The number of fused-ring (bicyclic) bond motifs is 1. The van der Waals surface area contributed by atoms with Crippen LogP contribution in [0.15, 0.2) is 30.5 Å². The molecule has 0 spiro atoms. The van der Waals surface area contributed by atoms with Crippen molar-refractivity contribution in [2.24, 2.45) is 0 Å². The molecule has 2 aromatic heterocycles. The van der Waals surface area contributed by atoms with Gasteiger partial charge in [-0.25, -0.2) is 13.8 Å². The zero-order chi connectivity index (χ0) is 22.4. The highest BCUT2D eigenvalue weighted by molar-refractivity contribution is 6.30. The zero-order valence-electron chi connectivity index (χ0n) is 17.4. The number of rotatable bonds is 10. The van der Waals surface area contributed by atoms with Gasteiger partial charge in [0.15, 0.2) is 11.4 Å². The first-order chi connectivity index (χ1) is 14.9. The number of methoxy groups -OCH3 is 1. The molecule has 1 aromatic carbocycles. The van der Waals surface area contributed by atoms with Crippen LogP contribution in [0.3, 0.4) is 0 Å². The number of carbonyl (C=O) groups excluding carboxylic acids is 1. The lowest BCUT2D eigenvalue weighted by molar-refractivity contribution is 0.0946. The summed E-state index contributed by atoms with van der Waals surface area (Å²) in [6, 6.07) is 5.10. The topological polar surface area (TPSA) is 64.9 Å². The van der Waals surface area contributed by atoms with Crippen molar-refractivity contribution in [3.8, 4) is 5.75 Å². The van der Waals surface area contributed by atoms with Gasteiger partial charge in [-0.05, 0) is 38.3 Å². The molecule has 0 aliphatic rings. The Balaban J connectivity index is 1.78. The van der Waals surface area contributed by atoms with Gasteiger partial charge in [-0.15, -0.1) is 0 Å². The van der Waals surface area contributed by atoms with Crippen molar-refractivity contribution in [2.75, 3.05) is 20.3 Å². The fourth-order valence-corrected chi connectivity index (χ4v) is 3.43. The Hall–Kier alpha value is -2.71. The largest absolute Gasteiger partial charge is 0.485 e. The fourth-order valence-electron chi connectivity index (χ4n) is 3.23. The highest BCUT2D eigenvalue weighted by Gasteiger charge is 2.20. The number of pyridine rings is 1. The number of hydrogen-bond acceptors (Lipinski definition) is 4.